The molecular weight excluding hydrogens is 172 g/mol. The van der Waals surface area contributed by atoms with E-state index in [4.69, 9.17) is 0 Å². The molecule has 2 bridgehead atoms. The average molecular weight is 189 g/mol. The molecule has 14 heavy (non-hydrogen) atoms. The summed E-state index contributed by atoms with van der Waals surface area (Å²) in [4.78, 5) is 2.59. The molecule has 0 N–H and O–H groups in total. The Morgan fingerprint density at radius 2 is 1.43 bits per heavy atom. The highest BCUT2D eigenvalue weighted by Gasteiger charge is 2.39. The van der Waals surface area contributed by atoms with Gasteiger partial charge in [-0.2, -0.15) is 0 Å². The largest absolute Gasteiger partial charge is 0.288 e. The standard InChI is InChI=1S/C12H17N2/c1-2-4-12(5-3-1)14-9-6-13(7-10-14)8-11-14/h1-5H,6-11H2/q+1. The van der Waals surface area contributed by atoms with E-state index in [1.807, 2.05) is 0 Å². The summed E-state index contributed by atoms with van der Waals surface area (Å²) in [6.45, 7) is 7.79. The number of quaternary nitrogens is 1. The quantitative estimate of drug-likeness (QED) is 0.602. The minimum Gasteiger partial charge on any atom is -0.288 e. The summed E-state index contributed by atoms with van der Waals surface area (Å²) < 4.78 is 1.23. The highest BCUT2D eigenvalue weighted by molar-refractivity contribution is 5.43. The fourth-order valence-electron chi connectivity index (χ4n) is 2.80. The van der Waals surface area contributed by atoms with Gasteiger partial charge in [0.05, 0.1) is 19.6 Å². The fourth-order valence-corrected chi connectivity index (χ4v) is 2.80. The van der Waals surface area contributed by atoms with Gasteiger partial charge in [0, 0.05) is 19.6 Å². The second-order valence-electron chi connectivity index (χ2n) is 4.49. The van der Waals surface area contributed by atoms with Crippen LogP contribution in [0.5, 0.6) is 0 Å². The maximum Gasteiger partial charge on any atom is 0.132 e. The molecule has 0 saturated carbocycles. The Morgan fingerprint density at radius 3 is 2.00 bits per heavy atom. The van der Waals surface area contributed by atoms with E-state index in [2.05, 4.69) is 35.2 Å². The zero-order valence-electron chi connectivity index (χ0n) is 8.52. The second-order valence-corrected chi connectivity index (χ2v) is 4.49. The Hall–Kier alpha value is -0.860. The van der Waals surface area contributed by atoms with Crippen LogP contribution in [0.4, 0.5) is 5.69 Å². The number of rotatable bonds is 1. The highest BCUT2D eigenvalue weighted by atomic mass is 15.5. The van der Waals surface area contributed by atoms with Crippen LogP contribution in [0.25, 0.3) is 0 Å². The van der Waals surface area contributed by atoms with E-state index in [9.17, 15) is 0 Å². The number of hydrogen-bond donors (Lipinski definition) is 0. The van der Waals surface area contributed by atoms with E-state index in [0.717, 1.165) is 0 Å². The molecule has 0 radical (unpaired) electrons. The van der Waals surface area contributed by atoms with Gasteiger partial charge in [-0.1, -0.05) is 18.2 Å². The van der Waals surface area contributed by atoms with Crippen LogP contribution in [0.2, 0.25) is 0 Å². The number of nitrogens with zero attached hydrogens (tertiary/aromatic N) is 2. The lowest BCUT2D eigenvalue weighted by Crippen LogP contribution is -2.68. The van der Waals surface area contributed by atoms with Crippen molar-refractivity contribution < 1.29 is 0 Å². The van der Waals surface area contributed by atoms with Crippen molar-refractivity contribution in [1.29, 1.82) is 0 Å². The van der Waals surface area contributed by atoms with Gasteiger partial charge in [-0.05, 0) is 12.1 Å². The van der Waals surface area contributed by atoms with Gasteiger partial charge >= 0.3 is 0 Å². The summed E-state index contributed by atoms with van der Waals surface area (Å²) >= 11 is 0. The molecule has 74 valence electrons. The van der Waals surface area contributed by atoms with Crippen LogP contribution in [0.3, 0.4) is 0 Å². The predicted octanol–water partition coefficient (Wildman–Crippen LogP) is 1.32. The molecule has 0 aliphatic carbocycles. The van der Waals surface area contributed by atoms with E-state index in [1.54, 1.807) is 0 Å². The highest BCUT2D eigenvalue weighted by Crippen LogP contribution is 2.28. The van der Waals surface area contributed by atoms with Crippen LogP contribution in [0.1, 0.15) is 0 Å². The first-order valence-electron chi connectivity index (χ1n) is 5.53. The van der Waals surface area contributed by atoms with Crippen molar-refractivity contribution >= 4 is 5.69 Å². The molecule has 3 heterocycles. The van der Waals surface area contributed by atoms with Crippen molar-refractivity contribution in [3.63, 3.8) is 0 Å². The van der Waals surface area contributed by atoms with Crippen molar-refractivity contribution in [3.8, 4) is 0 Å². The maximum atomic E-state index is 2.59. The van der Waals surface area contributed by atoms with Gasteiger partial charge in [-0.3, -0.25) is 9.38 Å². The molecule has 3 saturated heterocycles. The van der Waals surface area contributed by atoms with Crippen LogP contribution in [0, 0.1) is 0 Å². The minimum absolute atomic E-state index is 1.23. The number of para-hydroxylation sites is 1. The minimum atomic E-state index is 1.23. The van der Waals surface area contributed by atoms with Crippen molar-refractivity contribution in [3.05, 3.63) is 30.3 Å². The van der Waals surface area contributed by atoms with Gasteiger partial charge < -0.3 is 0 Å². The van der Waals surface area contributed by atoms with E-state index in [0.29, 0.717) is 0 Å². The molecule has 0 atom stereocenters. The van der Waals surface area contributed by atoms with Crippen molar-refractivity contribution in [2.24, 2.45) is 0 Å². The molecule has 1 aromatic rings. The number of fused-ring (bicyclic) bond motifs is 3. The molecule has 4 rings (SSSR count). The Bertz CT molecular complexity index is 299. The monoisotopic (exact) mass is 189 g/mol. The Morgan fingerprint density at radius 1 is 0.857 bits per heavy atom. The molecule has 3 aliphatic rings. The number of benzene rings is 1. The van der Waals surface area contributed by atoms with Crippen molar-refractivity contribution in [1.82, 2.24) is 9.38 Å². The molecular formula is C12H17N2+. The van der Waals surface area contributed by atoms with Gasteiger partial charge in [0.2, 0.25) is 0 Å². The van der Waals surface area contributed by atoms with E-state index in [1.165, 1.54) is 49.4 Å². The third-order valence-electron chi connectivity index (χ3n) is 3.84. The molecule has 2 heteroatoms. The van der Waals surface area contributed by atoms with E-state index < -0.39 is 0 Å². The smallest absolute Gasteiger partial charge is 0.132 e. The summed E-state index contributed by atoms with van der Waals surface area (Å²) in [5.41, 5.74) is 1.52. The summed E-state index contributed by atoms with van der Waals surface area (Å²) in [7, 11) is 0. The lowest BCUT2D eigenvalue weighted by molar-refractivity contribution is 0.0682. The summed E-state index contributed by atoms with van der Waals surface area (Å²) in [5, 5.41) is 0. The molecule has 0 amide bonds. The lowest BCUT2D eigenvalue weighted by Gasteiger charge is -2.50. The van der Waals surface area contributed by atoms with Gasteiger partial charge in [-0.25, -0.2) is 0 Å². The van der Waals surface area contributed by atoms with Gasteiger partial charge in [0.25, 0.3) is 0 Å². The van der Waals surface area contributed by atoms with E-state index in [-0.39, 0.29) is 0 Å². The first-order valence-corrected chi connectivity index (χ1v) is 5.53. The van der Waals surface area contributed by atoms with Gasteiger partial charge in [0.1, 0.15) is 5.69 Å². The Kier molecular flexibility index (Phi) is 1.85. The Labute approximate surface area is 85.3 Å². The predicted molar refractivity (Wildman–Crippen MR) is 59.3 cm³/mol. The SMILES string of the molecule is c1ccc([N+]23CCN(CC2)CC3)cc1. The summed E-state index contributed by atoms with van der Waals surface area (Å²) in [6, 6.07) is 11.0. The number of hydrogen-bond acceptors (Lipinski definition) is 1. The van der Waals surface area contributed by atoms with Crippen LogP contribution in [-0.4, -0.2) is 44.2 Å². The number of piperazine rings is 3. The summed E-state index contributed by atoms with van der Waals surface area (Å²) in [6.07, 6.45) is 0. The zero-order chi connectivity index (χ0) is 9.43. The third kappa shape index (κ3) is 1.18. The van der Waals surface area contributed by atoms with E-state index >= 15 is 0 Å². The second kappa shape index (κ2) is 3.07. The normalized spacial score (nSPS) is 35.9. The van der Waals surface area contributed by atoms with Crippen LogP contribution in [0.15, 0.2) is 30.3 Å². The average Bonchev–Trinajstić information content (AvgIpc) is 2.33. The van der Waals surface area contributed by atoms with Gasteiger partial charge in [0.15, 0.2) is 0 Å². The van der Waals surface area contributed by atoms with Crippen molar-refractivity contribution in [2.45, 2.75) is 0 Å². The fraction of sp³-hybridized carbons (Fsp3) is 0.500. The molecule has 0 unspecified atom stereocenters. The molecule has 2 nitrogen and oxygen atoms in total. The summed E-state index contributed by atoms with van der Waals surface area (Å²) in [5.74, 6) is 0. The molecule has 1 aromatic carbocycles. The molecule has 3 fully saturated rings. The first-order chi connectivity index (χ1) is 6.89. The van der Waals surface area contributed by atoms with Crippen LogP contribution >= 0.6 is 0 Å². The molecule has 0 aromatic heterocycles. The van der Waals surface area contributed by atoms with Crippen molar-refractivity contribution in [2.75, 3.05) is 39.3 Å². The Balaban J connectivity index is 1.96. The van der Waals surface area contributed by atoms with Crippen LogP contribution < -0.4 is 4.48 Å². The third-order valence-corrected chi connectivity index (χ3v) is 3.84. The van der Waals surface area contributed by atoms with Crippen LogP contribution in [-0.2, 0) is 0 Å². The lowest BCUT2D eigenvalue weighted by atomic mass is 10.1. The zero-order valence-corrected chi connectivity index (χ0v) is 8.52. The molecule has 0 spiro atoms. The first kappa shape index (κ1) is 8.45. The maximum absolute atomic E-state index is 2.59. The molecule has 3 aliphatic heterocycles. The topological polar surface area (TPSA) is 3.24 Å². The van der Waals surface area contributed by atoms with Gasteiger partial charge in [-0.15, -0.1) is 0 Å².